The van der Waals surface area contributed by atoms with Gasteiger partial charge in [0.2, 0.25) is 0 Å². The number of hydrogen-bond donors (Lipinski definition) is 1. The molecule has 0 aliphatic rings. The molecule has 1 N–H and O–H groups in total. The van der Waals surface area contributed by atoms with Crippen LogP contribution < -0.4 is 5.32 Å². The summed E-state index contributed by atoms with van der Waals surface area (Å²) in [5.74, 6) is -0.127. The maximum Gasteiger partial charge on any atom is 0.323 e. The van der Waals surface area contributed by atoms with Crippen molar-refractivity contribution in [2.24, 2.45) is 0 Å². The molecule has 108 valence electrons. The van der Waals surface area contributed by atoms with Crippen LogP contribution in [0.1, 0.15) is 53.4 Å². The highest BCUT2D eigenvalue weighted by molar-refractivity contribution is 5.75. The van der Waals surface area contributed by atoms with Crippen molar-refractivity contribution in [3.63, 3.8) is 0 Å². The van der Waals surface area contributed by atoms with E-state index in [0.717, 1.165) is 38.8 Å². The summed E-state index contributed by atoms with van der Waals surface area (Å²) in [6.45, 7) is 10.1. The zero-order chi connectivity index (χ0) is 13.8. The first-order chi connectivity index (χ1) is 8.61. The summed E-state index contributed by atoms with van der Waals surface area (Å²) >= 11 is 0. The second kappa shape index (κ2) is 11.5. The molecule has 0 aromatic rings. The fourth-order valence-electron chi connectivity index (χ4n) is 1.66. The fourth-order valence-corrected chi connectivity index (χ4v) is 1.66. The number of carbonyl (C=O) groups excluding carboxylic acids is 1. The Kier molecular flexibility index (Phi) is 11.1. The molecule has 1 atom stereocenters. The van der Waals surface area contributed by atoms with E-state index in [1.165, 1.54) is 0 Å². The van der Waals surface area contributed by atoms with E-state index in [1.807, 2.05) is 20.8 Å². The predicted molar refractivity (Wildman–Crippen MR) is 73.7 cm³/mol. The molecule has 1 unspecified atom stereocenters. The standard InChI is InChI=1S/C14H29NO3/c1-5-9-13(14(16)17-6-2)15-10-7-8-11-18-12(3)4/h12-13,15H,5-11H2,1-4H3. The van der Waals surface area contributed by atoms with Crippen LogP contribution in [0.2, 0.25) is 0 Å². The minimum atomic E-state index is -0.152. The van der Waals surface area contributed by atoms with E-state index in [4.69, 9.17) is 9.47 Å². The van der Waals surface area contributed by atoms with Crippen LogP contribution in [0.3, 0.4) is 0 Å². The van der Waals surface area contributed by atoms with Gasteiger partial charge in [0.05, 0.1) is 12.7 Å². The van der Waals surface area contributed by atoms with Crippen LogP contribution >= 0.6 is 0 Å². The summed E-state index contributed by atoms with van der Waals surface area (Å²) in [6, 6.07) is -0.152. The Morgan fingerprint density at radius 2 is 1.94 bits per heavy atom. The van der Waals surface area contributed by atoms with Gasteiger partial charge in [-0.05, 0) is 46.6 Å². The van der Waals surface area contributed by atoms with Crippen LogP contribution in [-0.2, 0) is 14.3 Å². The highest BCUT2D eigenvalue weighted by Crippen LogP contribution is 2.01. The lowest BCUT2D eigenvalue weighted by atomic mass is 10.1. The molecule has 0 aromatic carbocycles. The van der Waals surface area contributed by atoms with E-state index in [0.29, 0.717) is 12.7 Å². The van der Waals surface area contributed by atoms with Gasteiger partial charge in [-0.1, -0.05) is 13.3 Å². The van der Waals surface area contributed by atoms with Crippen LogP contribution in [0, 0.1) is 0 Å². The zero-order valence-electron chi connectivity index (χ0n) is 12.3. The third kappa shape index (κ3) is 9.42. The van der Waals surface area contributed by atoms with E-state index in [2.05, 4.69) is 12.2 Å². The lowest BCUT2D eigenvalue weighted by molar-refractivity contribution is -0.145. The number of carbonyl (C=O) groups is 1. The fraction of sp³-hybridized carbons (Fsp3) is 0.929. The van der Waals surface area contributed by atoms with E-state index in [1.54, 1.807) is 0 Å². The van der Waals surface area contributed by atoms with Crippen LogP contribution in [0.4, 0.5) is 0 Å². The number of hydrogen-bond acceptors (Lipinski definition) is 4. The van der Waals surface area contributed by atoms with Crippen molar-refractivity contribution in [3.05, 3.63) is 0 Å². The SMILES string of the molecule is CCCC(NCCCCOC(C)C)C(=O)OCC. The summed E-state index contributed by atoms with van der Waals surface area (Å²) in [5.41, 5.74) is 0. The maximum atomic E-state index is 11.6. The van der Waals surface area contributed by atoms with Crippen LogP contribution in [-0.4, -0.2) is 37.9 Å². The van der Waals surface area contributed by atoms with Gasteiger partial charge in [0, 0.05) is 6.61 Å². The van der Waals surface area contributed by atoms with Crippen molar-refractivity contribution in [3.8, 4) is 0 Å². The van der Waals surface area contributed by atoms with E-state index >= 15 is 0 Å². The smallest absolute Gasteiger partial charge is 0.323 e. The Hall–Kier alpha value is -0.610. The Morgan fingerprint density at radius 3 is 2.50 bits per heavy atom. The lowest BCUT2D eigenvalue weighted by Gasteiger charge is -2.16. The summed E-state index contributed by atoms with van der Waals surface area (Å²) in [4.78, 5) is 11.6. The van der Waals surface area contributed by atoms with E-state index < -0.39 is 0 Å². The number of unbranched alkanes of at least 4 members (excludes halogenated alkanes) is 1. The van der Waals surface area contributed by atoms with Crippen molar-refractivity contribution in [1.82, 2.24) is 5.32 Å². The van der Waals surface area contributed by atoms with Gasteiger partial charge in [-0.15, -0.1) is 0 Å². The van der Waals surface area contributed by atoms with Gasteiger partial charge < -0.3 is 14.8 Å². The van der Waals surface area contributed by atoms with Gasteiger partial charge in [0.25, 0.3) is 0 Å². The molecular formula is C14H29NO3. The van der Waals surface area contributed by atoms with Crippen molar-refractivity contribution < 1.29 is 14.3 Å². The number of ether oxygens (including phenoxy) is 2. The first kappa shape index (κ1) is 17.4. The summed E-state index contributed by atoms with van der Waals surface area (Å²) in [6.07, 6.45) is 4.15. The Labute approximate surface area is 111 Å². The van der Waals surface area contributed by atoms with Crippen molar-refractivity contribution in [1.29, 1.82) is 0 Å². The first-order valence-corrected chi connectivity index (χ1v) is 7.13. The molecule has 0 radical (unpaired) electrons. The average molecular weight is 259 g/mol. The monoisotopic (exact) mass is 259 g/mol. The summed E-state index contributed by atoms with van der Waals surface area (Å²) in [7, 11) is 0. The normalized spacial score (nSPS) is 12.7. The molecule has 0 bridgehead atoms. The number of nitrogens with one attached hydrogen (secondary N) is 1. The van der Waals surface area contributed by atoms with E-state index in [-0.39, 0.29) is 12.0 Å². The molecule has 0 aromatic heterocycles. The van der Waals surface area contributed by atoms with Crippen molar-refractivity contribution in [2.45, 2.75) is 65.5 Å². The minimum absolute atomic E-state index is 0.127. The molecule has 0 aliphatic heterocycles. The third-order valence-electron chi connectivity index (χ3n) is 2.56. The van der Waals surface area contributed by atoms with Gasteiger partial charge in [-0.2, -0.15) is 0 Å². The molecule has 0 spiro atoms. The van der Waals surface area contributed by atoms with Crippen LogP contribution in [0.5, 0.6) is 0 Å². The van der Waals surface area contributed by atoms with Gasteiger partial charge in [0.1, 0.15) is 6.04 Å². The number of esters is 1. The maximum absolute atomic E-state index is 11.6. The van der Waals surface area contributed by atoms with Gasteiger partial charge in [-0.25, -0.2) is 0 Å². The van der Waals surface area contributed by atoms with Gasteiger partial charge in [-0.3, -0.25) is 4.79 Å². The summed E-state index contributed by atoms with van der Waals surface area (Å²) < 4.78 is 10.5. The first-order valence-electron chi connectivity index (χ1n) is 7.13. The number of rotatable bonds is 11. The van der Waals surface area contributed by atoms with Gasteiger partial charge in [0.15, 0.2) is 0 Å². The van der Waals surface area contributed by atoms with Crippen molar-refractivity contribution >= 4 is 5.97 Å². The lowest BCUT2D eigenvalue weighted by Crippen LogP contribution is -2.38. The molecule has 0 fully saturated rings. The minimum Gasteiger partial charge on any atom is -0.465 e. The third-order valence-corrected chi connectivity index (χ3v) is 2.56. The molecule has 18 heavy (non-hydrogen) atoms. The molecule has 4 nitrogen and oxygen atoms in total. The topological polar surface area (TPSA) is 47.6 Å². The summed E-state index contributed by atoms with van der Waals surface area (Å²) in [5, 5.41) is 3.26. The molecule has 0 saturated carbocycles. The average Bonchev–Trinajstić information content (AvgIpc) is 2.32. The molecule has 0 saturated heterocycles. The quantitative estimate of drug-likeness (QED) is 0.457. The predicted octanol–water partition coefficient (Wildman–Crippen LogP) is 2.51. The Balaban J connectivity index is 3.66. The molecule has 0 amide bonds. The Bertz CT molecular complexity index is 207. The van der Waals surface area contributed by atoms with Crippen molar-refractivity contribution in [2.75, 3.05) is 19.8 Å². The van der Waals surface area contributed by atoms with Crippen LogP contribution in [0.15, 0.2) is 0 Å². The highest BCUT2D eigenvalue weighted by atomic mass is 16.5. The highest BCUT2D eigenvalue weighted by Gasteiger charge is 2.17. The second-order valence-electron chi connectivity index (χ2n) is 4.67. The largest absolute Gasteiger partial charge is 0.465 e. The second-order valence-corrected chi connectivity index (χ2v) is 4.67. The van der Waals surface area contributed by atoms with Gasteiger partial charge >= 0.3 is 5.97 Å². The van der Waals surface area contributed by atoms with E-state index in [9.17, 15) is 4.79 Å². The molecule has 0 rings (SSSR count). The molecular weight excluding hydrogens is 230 g/mol. The van der Waals surface area contributed by atoms with Crippen LogP contribution in [0.25, 0.3) is 0 Å². The molecule has 0 aliphatic carbocycles. The molecule has 0 heterocycles. The molecule has 4 heteroatoms. The zero-order valence-corrected chi connectivity index (χ0v) is 12.3. The Morgan fingerprint density at radius 1 is 1.22 bits per heavy atom.